The minimum absolute atomic E-state index is 0.0131. The van der Waals surface area contributed by atoms with Gasteiger partial charge in [0.2, 0.25) is 0 Å². The van der Waals surface area contributed by atoms with Crippen molar-refractivity contribution in [2.24, 2.45) is 0 Å². The van der Waals surface area contributed by atoms with Gasteiger partial charge in [0, 0.05) is 25.0 Å². The molecule has 3 heteroatoms. The third kappa shape index (κ3) is 2.88. The van der Waals surface area contributed by atoms with Crippen LogP contribution in [0.4, 0.5) is 0 Å². The summed E-state index contributed by atoms with van der Waals surface area (Å²) < 4.78 is 5.44. The smallest absolute Gasteiger partial charge is 0.0732 e. The van der Waals surface area contributed by atoms with E-state index in [1.807, 2.05) is 6.92 Å². The van der Waals surface area contributed by atoms with E-state index in [1.165, 1.54) is 12.8 Å². The summed E-state index contributed by atoms with van der Waals surface area (Å²) >= 11 is 0. The number of aliphatic hydroxyl groups is 1. The van der Waals surface area contributed by atoms with E-state index in [1.54, 1.807) is 0 Å². The molecule has 2 aliphatic rings. The Balaban J connectivity index is 2.01. The van der Waals surface area contributed by atoms with E-state index < -0.39 is 0 Å². The number of morpholine rings is 1. The van der Waals surface area contributed by atoms with E-state index in [-0.39, 0.29) is 11.6 Å². The van der Waals surface area contributed by atoms with Crippen LogP contribution in [0, 0.1) is 11.8 Å². The minimum atomic E-state index is -0.237. The zero-order chi connectivity index (χ0) is 12.8. The molecule has 2 fully saturated rings. The van der Waals surface area contributed by atoms with Crippen LogP contribution < -0.4 is 0 Å². The Labute approximate surface area is 111 Å². The number of aliphatic hydroxyl groups excluding tert-OH is 1. The van der Waals surface area contributed by atoms with Gasteiger partial charge >= 0.3 is 0 Å². The lowest BCUT2D eigenvalue weighted by Gasteiger charge is -2.46. The molecule has 2 rings (SSSR count). The molecular weight excluding hydrogens is 226 g/mol. The number of rotatable bonds is 4. The molecule has 1 aliphatic carbocycles. The lowest BCUT2D eigenvalue weighted by Crippen LogP contribution is -2.58. The van der Waals surface area contributed by atoms with Crippen LogP contribution in [0.5, 0.6) is 0 Å². The van der Waals surface area contributed by atoms with Crippen LogP contribution in [0.2, 0.25) is 0 Å². The Bertz CT molecular complexity index is 306. The predicted molar refractivity (Wildman–Crippen MR) is 72.3 cm³/mol. The number of hydrogen-bond donors (Lipinski definition) is 1. The zero-order valence-electron chi connectivity index (χ0n) is 11.5. The first kappa shape index (κ1) is 13.9. The van der Waals surface area contributed by atoms with E-state index in [0.29, 0.717) is 0 Å². The maximum Gasteiger partial charge on any atom is 0.0732 e. The summed E-state index contributed by atoms with van der Waals surface area (Å²) in [6.45, 7) is 5.42. The fourth-order valence-electron chi connectivity index (χ4n) is 3.46. The van der Waals surface area contributed by atoms with Crippen LogP contribution >= 0.6 is 0 Å². The zero-order valence-corrected chi connectivity index (χ0v) is 11.5. The van der Waals surface area contributed by atoms with Crippen LogP contribution in [-0.4, -0.2) is 48.0 Å². The molecule has 1 saturated carbocycles. The molecule has 1 unspecified atom stereocenters. The third-order valence-corrected chi connectivity index (χ3v) is 4.45. The van der Waals surface area contributed by atoms with Crippen molar-refractivity contribution in [2.45, 2.75) is 57.1 Å². The van der Waals surface area contributed by atoms with Gasteiger partial charge in [-0.15, -0.1) is 11.8 Å². The highest BCUT2D eigenvalue weighted by atomic mass is 16.5. The first-order valence-electron chi connectivity index (χ1n) is 7.20. The average Bonchev–Trinajstić information content (AvgIpc) is 2.90. The highest BCUT2D eigenvalue weighted by Gasteiger charge is 2.45. The van der Waals surface area contributed by atoms with Crippen molar-refractivity contribution in [3.8, 4) is 11.8 Å². The van der Waals surface area contributed by atoms with Crippen molar-refractivity contribution in [1.82, 2.24) is 4.90 Å². The molecule has 0 spiro atoms. The van der Waals surface area contributed by atoms with Gasteiger partial charge in [0.15, 0.2) is 0 Å². The molecule has 1 N–H and O–H groups in total. The van der Waals surface area contributed by atoms with Crippen molar-refractivity contribution >= 4 is 0 Å². The van der Waals surface area contributed by atoms with E-state index in [9.17, 15) is 5.11 Å². The Morgan fingerprint density at radius 2 is 1.94 bits per heavy atom. The summed E-state index contributed by atoms with van der Waals surface area (Å²) in [5, 5.41) is 10.6. The monoisotopic (exact) mass is 251 g/mol. The third-order valence-electron chi connectivity index (χ3n) is 4.45. The van der Waals surface area contributed by atoms with Gasteiger partial charge < -0.3 is 9.84 Å². The topological polar surface area (TPSA) is 32.7 Å². The fraction of sp³-hybridized carbons (Fsp3) is 0.867. The largest absolute Gasteiger partial charge is 0.391 e. The Morgan fingerprint density at radius 3 is 2.56 bits per heavy atom. The molecule has 0 radical (unpaired) electrons. The molecule has 0 amide bonds. The van der Waals surface area contributed by atoms with Crippen LogP contribution in [0.3, 0.4) is 0 Å². The molecule has 1 saturated heterocycles. The van der Waals surface area contributed by atoms with Crippen LogP contribution in [0.1, 0.15) is 45.4 Å². The summed E-state index contributed by atoms with van der Waals surface area (Å²) in [7, 11) is 0. The van der Waals surface area contributed by atoms with Gasteiger partial charge in [-0.3, -0.25) is 4.90 Å². The second kappa shape index (κ2) is 6.56. The number of ether oxygens (including phenoxy) is 1. The van der Waals surface area contributed by atoms with Gasteiger partial charge in [0.05, 0.1) is 19.3 Å². The van der Waals surface area contributed by atoms with Crippen LogP contribution in [0.25, 0.3) is 0 Å². The fourth-order valence-corrected chi connectivity index (χ4v) is 3.46. The van der Waals surface area contributed by atoms with E-state index >= 15 is 0 Å². The van der Waals surface area contributed by atoms with Crippen molar-refractivity contribution in [3.63, 3.8) is 0 Å². The Kier molecular flexibility index (Phi) is 5.05. The quantitative estimate of drug-likeness (QED) is 0.773. The van der Waals surface area contributed by atoms with Crippen molar-refractivity contribution in [3.05, 3.63) is 0 Å². The second-order valence-electron chi connectivity index (χ2n) is 5.39. The van der Waals surface area contributed by atoms with Crippen LogP contribution in [-0.2, 0) is 4.74 Å². The summed E-state index contributed by atoms with van der Waals surface area (Å²) in [5.41, 5.74) is 0.0131. The SMILES string of the molecule is CC#CCCC(O)C1(N2CCOCC2)CCCC1. The van der Waals surface area contributed by atoms with E-state index in [4.69, 9.17) is 4.74 Å². The molecule has 0 aromatic heterocycles. The standard InChI is InChI=1S/C15H25NO2/c1-2-3-4-7-14(17)15(8-5-6-9-15)16-10-12-18-13-11-16/h14,17H,4-13H2,1H3. The normalized spacial score (nSPS) is 25.4. The average molecular weight is 251 g/mol. The molecule has 0 aromatic rings. The molecule has 1 aliphatic heterocycles. The lowest BCUT2D eigenvalue weighted by atomic mass is 9.85. The van der Waals surface area contributed by atoms with Gasteiger partial charge in [0.25, 0.3) is 0 Å². The lowest BCUT2D eigenvalue weighted by molar-refractivity contribution is -0.0774. The molecule has 18 heavy (non-hydrogen) atoms. The van der Waals surface area contributed by atoms with Gasteiger partial charge in [-0.1, -0.05) is 12.8 Å². The maximum absolute atomic E-state index is 10.6. The summed E-state index contributed by atoms with van der Waals surface area (Å²) in [6.07, 6.45) is 6.13. The summed E-state index contributed by atoms with van der Waals surface area (Å²) in [6, 6.07) is 0. The molecule has 3 nitrogen and oxygen atoms in total. The highest BCUT2D eigenvalue weighted by molar-refractivity contribution is 5.03. The minimum Gasteiger partial charge on any atom is -0.391 e. The molecule has 0 bridgehead atoms. The molecule has 1 heterocycles. The molecular formula is C15H25NO2. The number of hydrogen-bond acceptors (Lipinski definition) is 3. The van der Waals surface area contributed by atoms with E-state index in [2.05, 4.69) is 16.7 Å². The van der Waals surface area contributed by atoms with Gasteiger partial charge in [-0.2, -0.15) is 0 Å². The van der Waals surface area contributed by atoms with Crippen LogP contribution in [0.15, 0.2) is 0 Å². The Morgan fingerprint density at radius 1 is 1.28 bits per heavy atom. The second-order valence-corrected chi connectivity index (χ2v) is 5.39. The molecule has 0 aromatic carbocycles. The predicted octanol–water partition coefficient (Wildman–Crippen LogP) is 1.80. The van der Waals surface area contributed by atoms with Crippen molar-refractivity contribution in [1.29, 1.82) is 0 Å². The number of nitrogens with zero attached hydrogens (tertiary/aromatic N) is 1. The highest BCUT2D eigenvalue weighted by Crippen LogP contribution is 2.39. The van der Waals surface area contributed by atoms with Crippen molar-refractivity contribution < 1.29 is 9.84 Å². The first-order chi connectivity index (χ1) is 8.79. The maximum atomic E-state index is 10.6. The van der Waals surface area contributed by atoms with Gasteiger partial charge in [-0.05, 0) is 26.2 Å². The van der Waals surface area contributed by atoms with Gasteiger partial charge in [0.1, 0.15) is 0 Å². The molecule has 102 valence electrons. The van der Waals surface area contributed by atoms with Gasteiger partial charge in [-0.25, -0.2) is 0 Å². The molecule has 1 atom stereocenters. The van der Waals surface area contributed by atoms with Crippen molar-refractivity contribution in [2.75, 3.05) is 26.3 Å². The summed E-state index contributed by atoms with van der Waals surface area (Å²) in [4.78, 5) is 2.48. The summed E-state index contributed by atoms with van der Waals surface area (Å²) in [5.74, 6) is 5.98. The van der Waals surface area contributed by atoms with E-state index in [0.717, 1.165) is 52.0 Å². The first-order valence-corrected chi connectivity index (χ1v) is 7.20. The Hall–Kier alpha value is -0.560.